The van der Waals surface area contributed by atoms with E-state index in [4.69, 9.17) is 16.5 Å². The molecule has 4 rings (SSSR count). The lowest BCUT2D eigenvalue weighted by Crippen LogP contribution is -2.32. The zero-order chi connectivity index (χ0) is 22.0. The summed E-state index contributed by atoms with van der Waals surface area (Å²) in [6.07, 6.45) is 9.56. The van der Waals surface area contributed by atoms with Gasteiger partial charge in [-0.05, 0) is 51.0 Å². The number of aliphatic hydroxyl groups excluding tert-OH is 1. The predicted octanol–water partition coefficient (Wildman–Crippen LogP) is 1.93. The molecule has 2 heterocycles. The fraction of sp³-hybridized carbons (Fsp3) is 0.545. The average molecular weight is 423 g/mol. The van der Waals surface area contributed by atoms with Gasteiger partial charge in [-0.1, -0.05) is 0 Å². The van der Waals surface area contributed by atoms with Crippen LogP contribution in [-0.4, -0.2) is 45.1 Å². The van der Waals surface area contributed by atoms with Gasteiger partial charge in [0.2, 0.25) is 0 Å². The monoisotopic (exact) mass is 422 g/mol. The average Bonchev–Trinajstić information content (AvgIpc) is 3.49. The van der Waals surface area contributed by atoms with Gasteiger partial charge in [-0.2, -0.15) is 14.9 Å². The van der Waals surface area contributed by atoms with E-state index in [1.165, 1.54) is 12.8 Å². The maximum atomic E-state index is 9.62. The second-order valence-corrected chi connectivity index (χ2v) is 8.58. The lowest BCUT2D eigenvalue weighted by Gasteiger charge is -2.31. The van der Waals surface area contributed by atoms with Crippen LogP contribution in [0.1, 0.15) is 48.9 Å². The Morgan fingerprint density at radius 2 is 2.19 bits per heavy atom. The van der Waals surface area contributed by atoms with Crippen molar-refractivity contribution in [2.45, 2.75) is 51.5 Å². The van der Waals surface area contributed by atoms with Crippen LogP contribution < -0.4 is 16.8 Å². The van der Waals surface area contributed by atoms with Crippen LogP contribution in [-0.2, 0) is 6.42 Å². The van der Waals surface area contributed by atoms with Crippen LogP contribution in [0.5, 0.6) is 0 Å². The molecule has 9 heteroatoms. The van der Waals surface area contributed by atoms with Crippen LogP contribution in [0.4, 0.5) is 11.6 Å². The summed E-state index contributed by atoms with van der Waals surface area (Å²) in [4.78, 5) is 9.16. The predicted molar refractivity (Wildman–Crippen MR) is 121 cm³/mol. The van der Waals surface area contributed by atoms with Crippen molar-refractivity contribution >= 4 is 23.5 Å². The molecular weight excluding hydrogens is 392 g/mol. The van der Waals surface area contributed by atoms with Crippen molar-refractivity contribution in [3.63, 3.8) is 0 Å². The normalized spacial score (nSPS) is 21.4. The van der Waals surface area contributed by atoms with Crippen LogP contribution in [0.3, 0.4) is 0 Å². The fourth-order valence-corrected chi connectivity index (χ4v) is 3.93. The van der Waals surface area contributed by atoms with Gasteiger partial charge < -0.3 is 21.9 Å². The van der Waals surface area contributed by atoms with Crippen LogP contribution in [0.25, 0.3) is 5.65 Å². The summed E-state index contributed by atoms with van der Waals surface area (Å²) in [7, 11) is 0. The number of hydrogen-bond donors (Lipinski definition) is 4. The third-order valence-electron chi connectivity index (χ3n) is 6.28. The molecule has 2 aliphatic rings. The minimum atomic E-state index is 0.186. The van der Waals surface area contributed by atoms with Crippen molar-refractivity contribution in [2.24, 2.45) is 22.6 Å². The number of rotatable bonds is 9. The summed E-state index contributed by atoms with van der Waals surface area (Å²) in [6, 6.07) is 2.35. The molecule has 0 radical (unpaired) electrons. The highest BCUT2D eigenvalue weighted by atomic mass is 16.3. The third kappa shape index (κ3) is 4.49. The molecule has 0 amide bonds. The van der Waals surface area contributed by atoms with Crippen molar-refractivity contribution < 1.29 is 5.11 Å². The van der Waals surface area contributed by atoms with Crippen LogP contribution in [0, 0.1) is 30.1 Å². The standard InChI is InChI=1S/C22H30N8O/c1-13-17(10-14-2-3-14)22-28-21(18(11-23)20(25)30(22)29-13)27-9-7-16(24)6-8-26-19-5-4-15(19)12-31/h6,8,14-15,19,31H,2-5,7,9-10,12,24-25H2,1H3,(H,27,28). The van der Waals surface area contributed by atoms with Gasteiger partial charge in [0.15, 0.2) is 5.65 Å². The largest absolute Gasteiger partial charge is 0.402 e. The highest BCUT2D eigenvalue weighted by Crippen LogP contribution is 2.35. The summed E-state index contributed by atoms with van der Waals surface area (Å²) >= 11 is 0. The molecule has 6 N–H and O–H groups in total. The lowest BCUT2D eigenvalue weighted by molar-refractivity contribution is 0.139. The number of allylic oxidation sites excluding steroid dienone is 1. The van der Waals surface area contributed by atoms with Crippen LogP contribution in [0.15, 0.2) is 16.8 Å². The number of nitrogens with zero attached hydrogens (tertiary/aromatic N) is 5. The van der Waals surface area contributed by atoms with E-state index in [1.807, 2.05) is 6.92 Å². The maximum absolute atomic E-state index is 9.62. The highest BCUT2D eigenvalue weighted by Gasteiger charge is 2.29. The topological polar surface area (TPSA) is 151 Å². The molecule has 2 aromatic heterocycles. The highest BCUT2D eigenvalue weighted by molar-refractivity contribution is 5.72. The van der Waals surface area contributed by atoms with Crippen molar-refractivity contribution in [3.05, 3.63) is 28.6 Å². The number of aryl methyl sites for hydroxylation is 1. The first-order valence-corrected chi connectivity index (χ1v) is 10.9. The number of aromatic nitrogens is 3. The van der Waals surface area contributed by atoms with Gasteiger partial charge in [-0.15, -0.1) is 0 Å². The van der Waals surface area contributed by atoms with Crippen molar-refractivity contribution in [2.75, 3.05) is 24.2 Å². The first-order chi connectivity index (χ1) is 15.0. The number of nitrogen functional groups attached to an aromatic ring is 1. The van der Waals surface area contributed by atoms with Gasteiger partial charge in [0, 0.05) is 43.0 Å². The Kier molecular flexibility index (Phi) is 6.09. The Morgan fingerprint density at radius 1 is 1.39 bits per heavy atom. The van der Waals surface area contributed by atoms with Crippen LogP contribution >= 0.6 is 0 Å². The molecule has 0 aliphatic heterocycles. The van der Waals surface area contributed by atoms with E-state index in [-0.39, 0.29) is 24.1 Å². The first kappa shape index (κ1) is 21.1. The number of aliphatic imine (C=N–C) groups is 1. The van der Waals surface area contributed by atoms with E-state index >= 15 is 0 Å². The van der Waals surface area contributed by atoms with E-state index in [9.17, 15) is 10.4 Å². The molecule has 0 aromatic carbocycles. The Balaban J connectivity index is 1.44. The fourth-order valence-electron chi connectivity index (χ4n) is 3.93. The Labute approximate surface area is 181 Å². The molecule has 0 saturated heterocycles. The van der Waals surface area contributed by atoms with E-state index in [2.05, 4.69) is 21.5 Å². The Bertz CT molecular complexity index is 1060. The second-order valence-electron chi connectivity index (χ2n) is 8.58. The minimum absolute atomic E-state index is 0.186. The first-order valence-electron chi connectivity index (χ1n) is 10.9. The van der Waals surface area contributed by atoms with Gasteiger partial charge in [-0.3, -0.25) is 4.99 Å². The van der Waals surface area contributed by atoms with Crippen LogP contribution in [0.2, 0.25) is 0 Å². The van der Waals surface area contributed by atoms with E-state index in [0.717, 1.165) is 36.2 Å². The summed E-state index contributed by atoms with van der Waals surface area (Å²) in [6.45, 7) is 2.66. The maximum Gasteiger partial charge on any atom is 0.163 e. The van der Waals surface area contributed by atoms with Crippen molar-refractivity contribution in [1.82, 2.24) is 14.6 Å². The van der Waals surface area contributed by atoms with Gasteiger partial charge in [0.05, 0.1) is 11.7 Å². The lowest BCUT2D eigenvalue weighted by atomic mass is 9.81. The Morgan fingerprint density at radius 3 is 2.84 bits per heavy atom. The number of nitrogens with two attached hydrogens (primary N) is 2. The van der Waals surface area contributed by atoms with Gasteiger partial charge in [0.1, 0.15) is 23.3 Å². The molecule has 0 bridgehead atoms. The second kappa shape index (κ2) is 8.94. The van der Waals surface area contributed by atoms with E-state index in [0.29, 0.717) is 36.2 Å². The Hall–Kier alpha value is -3.12. The summed E-state index contributed by atoms with van der Waals surface area (Å²) in [5, 5.41) is 26.6. The molecule has 2 saturated carbocycles. The van der Waals surface area contributed by atoms with Crippen molar-refractivity contribution in [3.8, 4) is 6.07 Å². The third-order valence-corrected chi connectivity index (χ3v) is 6.28. The number of anilines is 2. The summed E-state index contributed by atoms with van der Waals surface area (Å²) in [5.41, 5.74) is 16.0. The molecule has 9 nitrogen and oxygen atoms in total. The van der Waals surface area contributed by atoms with Gasteiger partial charge >= 0.3 is 0 Å². The molecule has 31 heavy (non-hydrogen) atoms. The smallest absolute Gasteiger partial charge is 0.163 e. The molecule has 164 valence electrons. The van der Waals surface area contributed by atoms with Gasteiger partial charge in [0.25, 0.3) is 0 Å². The molecular formula is C22H30N8O. The molecule has 0 spiro atoms. The molecule has 2 unspecified atom stereocenters. The number of aliphatic hydroxyl groups is 1. The quantitative estimate of drug-likeness (QED) is 0.451. The number of nitrogens with one attached hydrogen (secondary N) is 1. The van der Waals surface area contributed by atoms with E-state index < -0.39 is 0 Å². The van der Waals surface area contributed by atoms with Gasteiger partial charge in [-0.25, -0.2) is 4.98 Å². The summed E-state index contributed by atoms with van der Waals surface area (Å²) in [5.74, 6) is 1.74. The number of fused-ring (bicyclic) bond motifs is 1. The molecule has 2 aromatic rings. The molecule has 2 aliphatic carbocycles. The summed E-state index contributed by atoms with van der Waals surface area (Å²) < 4.78 is 1.58. The molecule has 2 atom stereocenters. The molecule has 2 fully saturated rings. The minimum Gasteiger partial charge on any atom is -0.402 e. The van der Waals surface area contributed by atoms with E-state index in [1.54, 1.807) is 16.8 Å². The number of nitriles is 1. The number of hydrogen-bond acceptors (Lipinski definition) is 8. The SMILES string of the molecule is Cc1nn2c(N)c(C#N)c(NCCC(N)=CC=NC3CCC3CO)nc2c1CC1CC1. The van der Waals surface area contributed by atoms with Crippen molar-refractivity contribution in [1.29, 1.82) is 5.26 Å². The zero-order valence-corrected chi connectivity index (χ0v) is 17.9. The zero-order valence-electron chi connectivity index (χ0n) is 17.9.